The van der Waals surface area contributed by atoms with Crippen LogP contribution >= 0.6 is 0 Å². The molecular formula is C15H24N4O4S. The van der Waals surface area contributed by atoms with Crippen molar-refractivity contribution < 1.29 is 17.7 Å². The monoisotopic (exact) mass is 356 g/mol. The maximum atomic E-state index is 12.1. The van der Waals surface area contributed by atoms with Gasteiger partial charge in [0.2, 0.25) is 21.8 Å². The number of aromatic nitrogens is 2. The summed E-state index contributed by atoms with van der Waals surface area (Å²) in [7, 11) is -3.27. The van der Waals surface area contributed by atoms with E-state index < -0.39 is 15.4 Å². The van der Waals surface area contributed by atoms with Crippen molar-refractivity contribution in [2.24, 2.45) is 5.92 Å². The normalized spacial score (nSPS) is 29.9. The third-order valence-electron chi connectivity index (χ3n) is 5.21. The Morgan fingerprint density at radius 2 is 2.21 bits per heavy atom. The van der Waals surface area contributed by atoms with Crippen molar-refractivity contribution in [3.63, 3.8) is 0 Å². The molecule has 0 unspecified atom stereocenters. The van der Waals surface area contributed by atoms with Gasteiger partial charge >= 0.3 is 0 Å². The molecule has 1 amide bonds. The average molecular weight is 356 g/mol. The lowest BCUT2D eigenvalue weighted by Crippen LogP contribution is -2.39. The van der Waals surface area contributed by atoms with Crippen molar-refractivity contribution in [2.75, 3.05) is 18.8 Å². The quantitative estimate of drug-likeness (QED) is 0.827. The Kier molecular flexibility index (Phi) is 4.41. The molecule has 1 saturated carbocycles. The maximum absolute atomic E-state index is 12.1. The average Bonchev–Trinajstić information content (AvgIpc) is 3.18. The van der Waals surface area contributed by atoms with Gasteiger partial charge in [-0.05, 0) is 32.6 Å². The van der Waals surface area contributed by atoms with Crippen LogP contribution in [0.15, 0.2) is 4.52 Å². The molecule has 0 spiro atoms. The van der Waals surface area contributed by atoms with Crippen molar-refractivity contribution in [2.45, 2.75) is 51.5 Å². The molecule has 0 radical (unpaired) electrons. The van der Waals surface area contributed by atoms with E-state index in [1.54, 1.807) is 13.8 Å². The fourth-order valence-corrected chi connectivity index (χ4v) is 4.90. The SMILES string of the molecule is CCC(=O)N1C[C@@H]2C[C@@H](NS(=O)(=O)CC)C[C@]2(c2nc(C)no2)C1. The molecule has 1 N–H and O–H groups in total. The standard InChI is InChI=1S/C15H24N4O4S/c1-4-13(20)19-8-11-6-12(18-24(21,22)5-2)7-15(11,9-19)14-16-10(3)17-23-14/h11-12,18H,4-9H2,1-3H3/t11-,12+,15-/m0/s1. The van der Waals surface area contributed by atoms with Crippen LogP contribution in [0.25, 0.3) is 0 Å². The van der Waals surface area contributed by atoms with E-state index in [-0.39, 0.29) is 23.6 Å². The number of hydrogen-bond donors (Lipinski definition) is 1. The molecule has 3 atom stereocenters. The lowest BCUT2D eigenvalue weighted by atomic mass is 9.80. The highest BCUT2D eigenvalue weighted by Crippen LogP contribution is 2.50. The fourth-order valence-electron chi connectivity index (χ4n) is 4.04. The van der Waals surface area contributed by atoms with Crippen molar-refractivity contribution in [1.29, 1.82) is 0 Å². The summed E-state index contributed by atoms with van der Waals surface area (Å²) in [5, 5.41) is 3.89. The summed E-state index contributed by atoms with van der Waals surface area (Å²) in [5.41, 5.74) is -0.451. The Balaban J connectivity index is 1.88. The van der Waals surface area contributed by atoms with Gasteiger partial charge in [-0.3, -0.25) is 4.79 Å². The molecule has 9 heteroatoms. The van der Waals surface area contributed by atoms with Crippen LogP contribution in [0.3, 0.4) is 0 Å². The molecule has 1 aromatic heterocycles. The molecular weight excluding hydrogens is 332 g/mol. The number of rotatable bonds is 5. The number of amides is 1. The van der Waals surface area contributed by atoms with Gasteiger partial charge in [0.05, 0.1) is 11.2 Å². The molecule has 1 aliphatic carbocycles. The highest BCUT2D eigenvalue weighted by Gasteiger charge is 2.58. The van der Waals surface area contributed by atoms with Gasteiger partial charge in [0.1, 0.15) is 0 Å². The number of carbonyl (C=O) groups is 1. The van der Waals surface area contributed by atoms with Gasteiger partial charge in [-0.25, -0.2) is 13.1 Å². The second kappa shape index (κ2) is 6.11. The number of sulfonamides is 1. The minimum absolute atomic E-state index is 0.0568. The second-order valence-corrected chi connectivity index (χ2v) is 8.83. The molecule has 1 saturated heterocycles. The molecule has 2 heterocycles. The summed E-state index contributed by atoms with van der Waals surface area (Å²) >= 11 is 0. The molecule has 24 heavy (non-hydrogen) atoms. The third kappa shape index (κ3) is 2.95. The molecule has 2 aliphatic rings. The molecule has 3 rings (SSSR count). The van der Waals surface area contributed by atoms with Gasteiger partial charge in [0.15, 0.2) is 5.82 Å². The second-order valence-electron chi connectivity index (χ2n) is 6.79. The van der Waals surface area contributed by atoms with Crippen molar-refractivity contribution >= 4 is 15.9 Å². The van der Waals surface area contributed by atoms with E-state index in [1.807, 2.05) is 11.8 Å². The minimum Gasteiger partial charge on any atom is -0.341 e. The summed E-state index contributed by atoms with van der Waals surface area (Å²) < 4.78 is 32.0. The van der Waals surface area contributed by atoms with E-state index in [2.05, 4.69) is 14.9 Å². The molecule has 1 aromatic rings. The molecule has 0 bridgehead atoms. The topological polar surface area (TPSA) is 105 Å². The first kappa shape index (κ1) is 17.3. The lowest BCUT2D eigenvalue weighted by molar-refractivity contribution is -0.130. The Morgan fingerprint density at radius 1 is 1.46 bits per heavy atom. The van der Waals surface area contributed by atoms with E-state index in [4.69, 9.17) is 4.52 Å². The van der Waals surface area contributed by atoms with Crippen LogP contribution in [0.1, 0.15) is 44.8 Å². The van der Waals surface area contributed by atoms with Crippen LogP contribution in [-0.4, -0.2) is 54.2 Å². The summed E-state index contributed by atoms with van der Waals surface area (Å²) in [6.45, 7) is 6.35. The predicted octanol–water partition coefficient (Wildman–Crippen LogP) is 0.586. The van der Waals surface area contributed by atoms with Gasteiger partial charge < -0.3 is 9.42 Å². The van der Waals surface area contributed by atoms with Crippen molar-refractivity contribution in [3.8, 4) is 0 Å². The molecule has 1 aliphatic heterocycles. The number of nitrogens with one attached hydrogen (secondary N) is 1. The zero-order valence-electron chi connectivity index (χ0n) is 14.3. The third-order valence-corrected chi connectivity index (χ3v) is 6.66. The lowest BCUT2D eigenvalue weighted by Gasteiger charge is -2.25. The van der Waals surface area contributed by atoms with Gasteiger partial charge in [0, 0.05) is 25.6 Å². The fraction of sp³-hybridized carbons (Fsp3) is 0.800. The molecule has 0 aromatic carbocycles. The Morgan fingerprint density at radius 3 is 2.79 bits per heavy atom. The van der Waals surface area contributed by atoms with Crippen LogP contribution in [0.5, 0.6) is 0 Å². The predicted molar refractivity (Wildman–Crippen MR) is 86.7 cm³/mol. The minimum atomic E-state index is -3.27. The number of hydrogen-bond acceptors (Lipinski definition) is 6. The smallest absolute Gasteiger partial charge is 0.235 e. The Labute approximate surface area is 142 Å². The van der Waals surface area contributed by atoms with Crippen LogP contribution in [0, 0.1) is 12.8 Å². The van der Waals surface area contributed by atoms with E-state index in [9.17, 15) is 13.2 Å². The summed E-state index contributed by atoms with van der Waals surface area (Å²) in [6, 6.07) is -0.161. The first-order valence-electron chi connectivity index (χ1n) is 8.38. The van der Waals surface area contributed by atoms with Gasteiger partial charge in [-0.15, -0.1) is 0 Å². The zero-order chi connectivity index (χ0) is 17.5. The van der Waals surface area contributed by atoms with Gasteiger partial charge in [-0.2, -0.15) is 4.98 Å². The maximum Gasteiger partial charge on any atom is 0.235 e. The first-order valence-corrected chi connectivity index (χ1v) is 10.0. The number of aryl methyl sites for hydroxylation is 1. The van der Waals surface area contributed by atoms with Crippen LogP contribution < -0.4 is 4.72 Å². The summed E-state index contributed by atoms with van der Waals surface area (Å²) in [4.78, 5) is 18.4. The van der Waals surface area contributed by atoms with Crippen LogP contribution in [-0.2, 0) is 20.2 Å². The van der Waals surface area contributed by atoms with Crippen molar-refractivity contribution in [1.82, 2.24) is 19.8 Å². The number of fused-ring (bicyclic) bond motifs is 1. The largest absolute Gasteiger partial charge is 0.341 e. The van der Waals surface area contributed by atoms with Crippen LogP contribution in [0.4, 0.5) is 0 Å². The Hall–Kier alpha value is -1.48. The zero-order valence-corrected chi connectivity index (χ0v) is 15.1. The van der Waals surface area contributed by atoms with Gasteiger partial charge in [-0.1, -0.05) is 12.1 Å². The van der Waals surface area contributed by atoms with E-state index in [1.165, 1.54) is 0 Å². The summed E-state index contributed by atoms with van der Waals surface area (Å²) in [5.74, 6) is 1.36. The summed E-state index contributed by atoms with van der Waals surface area (Å²) in [6.07, 6.45) is 1.71. The molecule has 8 nitrogen and oxygen atoms in total. The van der Waals surface area contributed by atoms with Crippen LogP contribution in [0.2, 0.25) is 0 Å². The van der Waals surface area contributed by atoms with E-state index >= 15 is 0 Å². The number of nitrogens with zero attached hydrogens (tertiary/aromatic N) is 3. The number of likely N-dealkylation sites (tertiary alicyclic amines) is 1. The highest BCUT2D eigenvalue weighted by molar-refractivity contribution is 7.89. The highest BCUT2D eigenvalue weighted by atomic mass is 32.2. The molecule has 2 fully saturated rings. The number of carbonyl (C=O) groups excluding carboxylic acids is 1. The first-order chi connectivity index (χ1) is 11.3. The van der Waals surface area contributed by atoms with Crippen molar-refractivity contribution in [3.05, 3.63) is 11.7 Å². The van der Waals surface area contributed by atoms with E-state index in [0.29, 0.717) is 44.1 Å². The van der Waals surface area contributed by atoms with Gasteiger partial charge in [0.25, 0.3) is 0 Å². The van der Waals surface area contributed by atoms with E-state index in [0.717, 1.165) is 0 Å². The molecule has 134 valence electrons. The Bertz CT molecular complexity index is 732.